The summed E-state index contributed by atoms with van der Waals surface area (Å²) < 4.78 is 0. The molecule has 2 aliphatic carbocycles. The first kappa shape index (κ1) is 13.4. The predicted molar refractivity (Wildman–Crippen MR) is 69.5 cm³/mol. The molecule has 4 nitrogen and oxygen atoms in total. The molecule has 2 aliphatic rings. The summed E-state index contributed by atoms with van der Waals surface area (Å²) in [4.78, 5) is 14.2. The van der Waals surface area contributed by atoms with Gasteiger partial charge in [0, 0.05) is 19.5 Å². The molecule has 2 N–H and O–H groups in total. The van der Waals surface area contributed by atoms with Gasteiger partial charge in [-0.3, -0.25) is 4.79 Å². The van der Waals surface area contributed by atoms with Gasteiger partial charge in [0.2, 0.25) is 5.91 Å². The molecule has 100 valence electrons. The monoisotopic (exact) mass is 249 g/mol. The lowest BCUT2D eigenvalue weighted by molar-refractivity contribution is -0.136. The Balaban J connectivity index is 1.81. The molecule has 0 heterocycles. The number of nitriles is 1. The molecule has 0 unspecified atom stereocenters. The highest BCUT2D eigenvalue weighted by Crippen LogP contribution is 2.32. The Morgan fingerprint density at radius 2 is 2.00 bits per heavy atom. The Hall–Kier alpha value is -1.08. The molecule has 18 heavy (non-hydrogen) atoms. The molecule has 0 radical (unpaired) electrons. The van der Waals surface area contributed by atoms with Crippen molar-refractivity contribution >= 4 is 5.91 Å². The zero-order chi connectivity index (χ0) is 13.2. The van der Waals surface area contributed by atoms with Gasteiger partial charge in [-0.15, -0.1) is 0 Å². The van der Waals surface area contributed by atoms with Crippen LogP contribution in [-0.2, 0) is 4.79 Å². The van der Waals surface area contributed by atoms with Crippen LogP contribution in [-0.4, -0.2) is 29.9 Å². The molecule has 0 spiro atoms. The van der Waals surface area contributed by atoms with Crippen molar-refractivity contribution in [3.63, 3.8) is 0 Å². The van der Waals surface area contributed by atoms with Gasteiger partial charge in [-0.2, -0.15) is 5.26 Å². The van der Waals surface area contributed by atoms with Crippen LogP contribution in [0.3, 0.4) is 0 Å². The summed E-state index contributed by atoms with van der Waals surface area (Å²) in [5.74, 6) is 1.05. The van der Waals surface area contributed by atoms with Crippen LogP contribution in [0.1, 0.15) is 44.9 Å². The maximum atomic E-state index is 12.3. The zero-order valence-electron chi connectivity index (χ0n) is 11.2. The largest absolute Gasteiger partial charge is 0.345 e. The molecule has 2 fully saturated rings. The van der Waals surface area contributed by atoms with E-state index in [4.69, 9.17) is 11.0 Å². The first-order valence-corrected chi connectivity index (χ1v) is 6.99. The van der Waals surface area contributed by atoms with Crippen LogP contribution in [0.25, 0.3) is 0 Å². The second-order valence-corrected chi connectivity index (χ2v) is 6.06. The Morgan fingerprint density at radius 3 is 2.44 bits per heavy atom. The van der Waals surface area contributed by atoms with Crippen molar-refractivity contribution in [2.45, 2.75) is 50.5 Å². The lowest BCUT2D eigenvalue weighted by Crippen LogP contribution is -2.45. The van der Waals surface area contributed by atoms with Gasteiger partial charge >= 0.3 is 0 Å². The second kappa shape index (κ2) is 5.27. The fraction of sp³-hybridized carbons (Fsp3) is 0.857. The molecule has 0 aromatic rings. The number of hydrogen-bond donors (Lipinski definition) is 1. The lowest BCUT2D eigenvalue weighted by atomic mass is 9.77. The first-order chi connectivity index (χ1) is 8.54. The maximum Gasteiger partial charge on any atom is 0.225 e. The SMILES string of the molecule is CN(CC1CCC1)C(=O)C1CCC(N)(C#N)CC1. The number of carbonyl (C=O) groups excluding carboxylic acids is 1. The van der Waals surface area contributed by atoms with Gasteiger partial charge in [-0.1, -0.05) is 6.42 Å². The van der Waals surface area contributed by atoms with E-state index >= 15 is 0 Å². The van der Waals surface area contributed by atoms with Crippen molar-refractivity contribution < 1.29 is 4.79 Å². The van der Waals surface area contributed by atoms with Gasteiger partial charge in [-0.25, -0.2) is 0 Å². The van der Waals surface area contributed by atoms with E-state index < -0.39 is 5.54 Å². The van der Waals surface area contributed by atoms with E-state index in [9.17, 15) is 4.79 Å². The van der Waals surface area contributed by atoms with Gasteiger partial charge in [0.15, 0.2) is 0 Å². The van der Waals surface area contributed by atoms with Crippen molar-refractivity contribution in [3.8, 4) is 6.07 Å². The standard InChI is InChI=1S/C14H23N3O/c1-17(9-11-3-2-4-11)13(18)12-5-7-14(16,10-15)8-6-12/h11-12H,2-9,16H2,1H3. The Bertz CT molecular complexity index is 349. The maximum absolute atomic E-state index is 12.3. The van der Waals surface area contributed by atoms with E-state index in [0.717, 1.165) is 25.3 Å². The van der Waals surface area contributed by atoms with Crippen molar-refractivity contribution in [3.05, 3.63) is 0 Å². The van der Waals surface area contributed by atoms with Crippen LogP contribution in [0.15, 0.2) is 0 Å². The minimum atomic E-state index is -0.691. The van der Waals surface area contributed by atoms with E-state index in [-0.39, 0.29) is 11.8 Å². The summed E-state index contributed by atoms with van der Waals surface area (Å²) in [5, 5.41) is 8.97. The summed E-state index contributed by atoms with van der Waals surface area (Å²) >= 11 is 0. The molecule has 0 aliphatic heterocycles. The van der Waals surface area contributed by atoms with E-state index in [1.165, 1.54) is 19.3 Å². The summed E-state index contributed by atoms with van der Waals surface area (Å²) in [7, 11) is 1.91. The summed E-state index contributed by atoms with van der Waals surface area (Å²) in [6, 6.07) is 2.17. The van der Waals surface area contributed by atoms with E-state index in [1.807, 2.05) is 11.9 Å². The number of carbonyl (C=O) groups is 1. The minimum absolute atomic E-state index is 0.0834. The molecule has 0 atom stereocenters. The normalized spacial score (nSPS) is 32.4. The molecular weight excluding hydrogens is 226 g/mol. The Kier molecular flexibility index (Phi) is 3.91. The number of hydrogen-bond acceptors (Lipinski definition) is 3. The van der Waals surface area contributed by atoms with Crippen molar-refractivity contribution in [2.75, 3.05) is 13.6 Å². The molecule has 2 rings (SSSR count). The van der Waals surface area contributed by atoms with Crippen LogP contribution >= 0.6 is 0 Å². The molecular formula is C14H23N3O. The van der Waals surface area contributed by atoms with Crippen LogP contribution in [0.5, 0.6) is 0 Å². The van der Waals surface area contributed by atoms with Crippen molar-refractivity contribution in [1.29, 1.82) is 5.26 Å². The summed E-state index contributed by atoms with van der Waals surface area (Å²) in [5.41, 5.74) is 5.23. The number of rotatable bonds is 3. The topological polar surface area (TPSA) is 70.1 Å². The molecule has 0 aromatic heterocycles. The smallest absolute Gasteiger partial charge is 0.225 e. The highest BCUT2D eigenvalue weighted by molar-refractivity contribution is 5.78. The van der Waals surface area contributed by atoms with Crippen LogP contribution in [0.2, 0.25) is 0 Å². The van der Waals surface area contributed by atoms with Crippen LogP contribution in [0.4, 0.5) is 0 Å². The third-order valence-corrected chi connectivity index (χ3v) is 4.58. The molecule has 2 saturated carbocycles. The molecule has 0 saturated heterocycles. The average molecular weight is 249 g/mol. The van der Waals surface area contributed by atoms with Gasteiger partial charge < -0.3 is 10.6 Å². The van der Waals surface area contributed by atoms with E-state index in [2.05, 4.69) is 6.07 Å². The van der Waals surface area contributed by atoms with E-state index in [0.29, 0.717) is 12.8 Å². The summed E-state index contributed by atoms with van der Waals surface area (Å²) in [6.07, 6.45) is 6.67. The van der Waals surface area contributed by atoms with Crippen LogP contribution in [0, 0.1) is 23.2 Å². The number of nitrogens with zero attached hydrogens (tertiary/aromatic N) is 2. The van der Waals surface area contributed by atoms with Gasteiger partial charge in [0.05, 0.1) is 6.07 Å². The Morgan fingerprint density at radius 1 is 1.39 bits per heavy atom. The molecule has 0 bridgehead atoms. The highest BCUT2D eigenvalue weighted by Gasteiger charge is 2.35. The quantitative estimate of drug-likeness (QED) is 0.827. The lowest BCUT2D eigenvalue weighted by Gasteiger charge is -2.35. The first-order valence-electron chi connectivity index (χ1n) is 6.99. The summed E-state index contributed by atoms with van der Waals surface area (Å²) in [6.45, 7) is 0.904. The van der Waals surface area contributed by atoms with Crippen molar-refractivity contribution in [1.82, 2.24) is 4.90 Å². The third-order valence-electron chi connectivity index (χ3n) is 4.58. The molecule has 4 heteroatoms. The van der Waals surface area contributed by atoms with Crippen LogP contribution < -0.4 is 5.73 Å². The van der Waals surface area contributed by atoms with Gasteiger partial charge in [0.25, 0.3) is 0 Å². The molecule has 1 amide bonds. The van der Waals surface area contributed by atoms with E-state index in [1.54, 1.807) is 0 Å². The van der Waals surface area contributed by atoms with Gasteiger partial charge in [-0.05, 0) is 44.4 Å². The third kappa shape index (κ3) is 2.84. The second-order valence-electron chi connectivity index (χ2n) is 6.06. The van der Waals surface area contributed by atoms with Gasteiger partial charge in [0.1, 0.15) is 5.54 Å². The Labute approximate surface area is 109 Å². The fourth-order valence-corrected chi connectivity index (χ4v) is 2.96. The van der Waals surface area contributed by atoms with Crippen molar-refractivity contribution in [2.24, 2.45) is 17.6 Å². The highest BCUT2D eigenvalue weighted by atomic mass is 16.2. The predicted octanol–water partition coefficient (Wildman–Crippen LogP) is 1.66. The number of nitrogens with two attached hydrogens (primary N) is 1. The molecule has 0 aromatic carbocycles. The number of amides is 1. The zero-order valence-corrected chi connectivity index (χ0v) is 11.2. The average Bonchev–Trinajstić information content (AvgIpc) is 2.33. The minimum Gasteiger partial charge on any atom is -0.345 e. The fourth-order valence-electron chi connectivity index (χ4n) is 2.96.